The van der Waals surface area contributed by atoms with Crippen molar-refractivity contribution < 1.29 is 17.9 Å². The Bertz CT molecular complexity index is 1740. The lowest BCUT2D eigenvalue weighted by molar-refractivity contribution is 0.0730. The van der Waals surface area contributed by atoms with Crippen LogP contribution in [-0.2, 0) is 33.6 Å². The SMILES string of the molecule is C=C1NC(=O)N(Cc2ccc(C)cc2)c2nc(CSc3nc4ccc(S(=O)(=O)N5CCOCC5)cc4[nH]3)n(CC)c21. The van der Waals surface area contributed by atoms with Crippen molar-refractivity contribution in [3.63, 3.8) is 0 Å². The Labute approximate surface area is 242 Å². The van der Waals surface area contributed by atoms with Gasteiger partial charge < -0.3 is 19.6 Å². The van der Waals surface area contributed by atoms with Crippen LogP contribution in [0.5, 0.6) is 0 Å². The van der Waals surface area contributed by atoms with Crippen molar-refractivity contribution in [1.29, 1.82) is 0 Å². The van der Waals surface area contributed by atoms with E-state index in [0.717, 1.165) is 22.6 Å². The van der Waals surface area contributed by atoms with E-state index in [1.807, 2.05) is 38.1 Å². The Morgan fingerprint density at radius 3 is 2.59 bits per heavy atom. The second kappa shape index (κ2) is 11.0. The molecule has 0 aliphatic carbocycles. The number of benzene rings is 2. The molecule has 0 radical (unpaired) electrons. The van der Waals surface area contributed by atoms with Crippen LogP contribution in [-0.4, -0.2) is 64.6 Å². The van der Waals surface area contributed by atoms with Gasteiger partial charge in [0.05, 0.1) is 47.1 Å². The number of carbonyl (C=O) groups is 1. The van der Waals surface area contributed by atoms with Crippen LogP contribution >= 0.6 is 11.8 Å². The zero-order valence-electron chi connectivity index (χ0n) is 22.9. The average Bonchev–Trinajstić information content (AvgIpc) is 3.56. The summed E-state index contributed by atoms with van der Waals surface area (Å²) in [5, 5.41) is 3.53. The average molecular weight is 594 g/mol. The molecule has 0 spiro atoms. The minimum absolute atomic E-state index is 0.227. The summed E-state index contributed by atoms with van der Waals surface area (Å²) < 4.78 is 35.0. The number of hydrogen-bond donors (Lipinski definition) is 2. The Kier molecular flexibility index (Phi) is 7.36. The summed E-state index contributed by atoms with van der Waals surface area (Å²) >= 11 is 1.46. The second-order valence-electron chi connectivity index (χ2n) is 9.95. The molecule has 41 heavy (non-hydrogen) atoms. The van der Waals surface area contributed by atoms with Crippen LogP contribution in [0.15, 0.2) is 59.1 Å². The van der Waals surface area contributed by atoms with Crippen LogP contribution in [0.4, 0.5) is 10.6 Å². The molecule has 2 amide bonds. The van der Waals surface area contributed by atoms with Gasteiger partial charge in [-0.25, -0.2) is 23.2 Å². The zero-order chi connectivity index (χ0) is 28.7. The van der Waals surface area contributed by atoms with Crippen LogP contribution < -0.4 is 10.2 Å². The molecule has 11 nitrogen and oxygen atoms in total. The van der Waals surface area contributed by atoms with Gasteiger partial charge >= 0.3 is 6.03 Å². The van der Waals surface area contributed by atoms with Gasteiger partial charge in [0, 0.05) is 19.6 Å². The number of anilines is 1. The van der Waals surface area contributed by atoms with Gasteiger partial charge in [-0.1, -0.05) is 48.2 Å². The number of amides is 2. The van der Waals surface area contributed by atoms with Crippen LogP contribution in [0.3, 0.4) is 0 Å². The molecule has 2 aliphatic rings. The minimum Gasteiger partial charge on any atom is -0.379 e. The maximum Gasteiger partial charge on any atom is 0.327 e. The van der Waals surface area contributed by atoms with Gasteiger partial charge in [0.1, 0.15) is 11.5 Å². The number of aromatic amines is 1. The fourth-order valence-electron chi connectivity index (χ4n) is 5.06. The maximum atomic E-state index is 13.1. The smallest absolute Gasteiger partial charge is 0.327 e. The third-order valence-corrected chi connectivity index (χ3v) is 9.99. The number of urea groups is 1. The molecule has 4 aromatic rings. The lowest BCUT2D eigenvalue weighted by Crippen LogP contribution is -2.43. The Hall–Kier alpha value is -3.65. The van der Waals surface area contributed by atoms with E-state index in [0.29, 0.717) is 72.9 Å². The molecular formula is C28H31N7O4S2. The summed E-state index contributed by atoms with van der Waals surface area (Å²) in [6.45, 7) is 10.6. The van der Waals surface area contributed by atoms with Crippen molar-refractivity contribution in [3.05, 3.63) is 71.7 Å². The van der Waals surface area contributed by atoms with Crippen molar-refractivity contribution >= 4 is 50.4 Å². The first-order chi connectivity index (χ1) is 19.7. The zero-order valence-corrected chi connectivity index (χ0v) is 24.5. The van der Waals surface area contributed by atoms with Gasteiger partial charge in [0.15, 0.2) is 11.0 Å². The van der Waals surface area contributed by atoms with E-state index in [9.17, 15) is 13.2 Å². The molecule has 1 saturated heterocycles. The molecule has 0 saturated carbocycles. The molecule has 2 aromatic heterocycles. The number of rotatable bonds is 8. The van der Waals surface area contributed by atoms with E-state index < -0.39 is 10.0 Å². The first kappa shape index (κ1) is 27.5. The summed E-state index contributed by atoms with van der Waals surface area (Å²) in [6.07, 6.45) is 0. The Morgan fingerprint density at radius 1 is 1.10 bits per heavy atom. The number of carbonyl (C=O) groups excluding carboxylic acids is 1. The minimum atomic E-state index is -3.61. The van der Waals surface area contributed by atoms with Gasteiger partial charge in [-0.15, -0.1) is 0 Å². The van der Waals surface area contributed by atoms with Gasteiger partial charge in [0.25, 0.3) is 0 Å². The van der Waals surface area contributed by atoms with Crippen LogP contribution in [0.25, 0.3) is 16.7 Å². The standard InChI is InChI=1S/C28H31N7O4S2/c1-4-34-24(32-26-25(34)19(3)29-28(36)35(26)16-20-7-5-18(2)6-8-20)17-40-27-30-22-10-9-21(15-23(22)31-27)41(37,38)33-11-13-39-14-12-33/h5-10,15H,3-4,11-14,16-17H2,1-2H3,(H,29,36)(H,30,31). The highest BCUT2D eigenvalue weighted by Gasteiger charge is 2.33. The summed E-state index contributed by atoms with van der Waals surface area (Å²) in [4.78, 5) is 27.6. The van der Waals surface area contributed by atoms with E-state index in [1.54, 1.807) is 23.1 Å². The summed E-state index contributed by atoms with van der Waals surface area (Å²) in [5.74, 6) is 1.85. The topological polar surface area (TPSA) is 125 Å². The van der Waals surface area contributed by atoms with Crippen LogP contribution in [0.1, 0.15) is 29.6 Å². The van der Waals surface area contributed by atoms with E-state index in [2.05, 4.69) is 26.4 Å². The number of ether oxygens (including phenoxy) is 1. The number of morpholine rings is 1. The van der Waals surface area contributed by atoms with Crippen molar-refractivity contribution in [2.75, 3.05) is 31.2 Å². The van der Waals surface area contributed by atoms with E-state index in [4.69, 9.17) is 9.72 Å². The first-order valence-electron chi connectivity index (χ1n) is 13.4. The molecule has 2 aromatic carbocycles. The van der Waals surface area contributed by atoms with Gasteiger partial charge in [0.2, 0.25) is 10.0 Å². The summed E-state index contributed by atoms with van der Waals surface area (Å²) in [5.41, 5.74) is 4.79. The fourth-order valence-corrected chi connectivity index (χ4v) is 7.33. The highest BCUT2D eigenvalue weighted by Crippen LogP contribution is 2.34. The highest BCUT2D eigenvalue weighted by atomic mass is 32.2. The fraction of sp³-hybridized carbons (Fsp3) is 0.321. The molecule has 0 bridgehead atoms. The quantitative estimate of drug-likeness (QED) is 0.295. The second-order valence-corrected chi connectivity index (χ2v) is 12.9. The van der Waals surface area contributed by atoms with E-state index in [-0.39, 0.29) is 10.9 Å². The number of nitrogens with one attached hydrogen (secondary N) is 2. The lowest BCUT2D eigenvalue weighted by atomic mass is 10.1. The first-order valence-corrected chi connectivity index (χ1v) is 15.8. The molecule has 2 aliphatic heterocycles. The van der Waals surface area contributed by atoms with Crippen molar-refractivity contribution in [2.45, 2.75) is 42.7 Å². The third-order valence-electron chi connectivity index (χ3n) is 7.23. The van der Waals surface area contributed by atoms with Gasteiger partial charge in [-0.05, 0) is 37.6 Å². The molecule has 4 heterocycles. The predicted octanol–water partition coefficient (Wildman–Crippen LogP) is 4.10. The normalized spacial score (nSPS) is 16.3. The number of fused-ring (bicyclic) bond motifs is 2. The van der Waals surface area contributed by atoms with E-state index >= 15 is 0 Å². The summed E-state index contributed by atoms with van der Waals surface area (Å²) in [6, 6.07) is 12.8. The lowest BCUT2D eigenvalue weighted by Gasteiger charge is -2.28. The number of thioether (sulfide) groups is 1. The number of nitrogens with zero attached hydrogens (tertiary/aromatic N) is 5. The monoisotopic (exact) mass is 593 g/mol. The number of imidazole rings is 2. The molecule has 13 heteroatoms. The number of hydrogen-bond acceptors (Lipinski definition) is 7. The van der Waals surface area contributed by atoms with E-state index in [1.165, 1.54) is 16.1 Å². The molecule has 0 unspecified atom stereocenters. The van der Waals surface area contributed by atoms with Crippen molar-refractivity contribution in [3.8, 4) is 0 Å². The number of aryl methyl sites for hydroxylation is 1. The number of sulfonamides is 1. The van der Waals surface area contributed by atoms with Gasteiger partial charge in [-0.3, -0.25) is 4.90 Å². The molecular weight excluding hydrogens is 562 g/mol. The molecule has 2 N–H and O–H groups in total. The Balaban J connectivity index is 1.24. The molecule has 214 valence electrons. The summed E-state index contributed by atoms with van der Waals surface area (Å²) in [7, 11) is -3.61. The van der Waals surface area contributed by atoms with Crippen molar-refractivity contribution in [2.24, 2.45) is 0 Å². The molecule has 6 rings (SSSR count). The molecule has 0 atom stereocenters. The van der Waals surface area contributed by atoms with Crippen molar-refractivity contribution in [1.82, 2.24) is 29.1 Å². The highest BCUT2D eigenvalue weighted by molar-refractivity contribution is 7.98. The maximum absolute atomic E-state index is 13.1. The molecule has 1 fully saturated rings. The van der Waals surface area contributed by atoms with Crippen LogP contribution in [0.2, 0.25) is 0 Å². The Morgan fingerprint density at radius 2 is 1.85 bits per heavy atom. The third kappa shape index (κ3) is 5.25. The van der Waals surface area contributed by atoms with Crippen LogP contribution in [0, 0.1) is 6.92 Å². The number of aromatic nitrogens is 4. The largest absolute Gasteiger partial charge is 0.379 e. The van der Waals surface area contributed by atoms with Gasteiger partial charge in [-0.2, -0.15) is 4.31 Å². The predicted molar refractivity (Wildman–Crippen MR) is 158 cm³/mol. The number of H-pyrrole nitrogens is 1.